The van der Waals surface area contributed by atoms with Crippen LogP contribution in [0, 0.1) is 0 Å². The molecule has 0 saturated heterocycles. The maximum Gasteiger partial charge on any atom is 0.224 e. The number of anilines is 1. The fraction of sp³-hybridized carbons (Fsp3) is 0.176. The summed E-state index contributed by atoms with van der Waals surface area (Å²) in [7, 11) is 0. The molecule has 21 heavy (non-hydrogen) atoms. The number of nitrogens with one attached hydrogen (secondary N) is 1. The number of rotatable bonds is 6. The molecule has 0 heterocycles. The molecular formula is C17H16NO3-. The lowest BCUT2D eigenvalue weighted by Gasteiger charge is -2.11. The Morgan fingerprint density at radius 2 is 1.57 bits per heavy atom. The van der Waals surface area contributed by atoms with Gasteiger partial charge in [-0.05, 0) is 24.5 Å². The average molecular weight is 282 g/mol. The number of aliphatic carboxylic acids is 1. The minimum Gasteiger partial charge on any atom is -0.550 e. The van der Waals surface area contributed by atoms with Gasteiger partial charge in [-0.1, -0.05) is 48.5 Å². The summed E-state index contributed by atoms with van der Waals surface area (Å²) in [5, 5.41) is 13.2. The van der Waals surface area contributed by atoms with Crippen LogP contribution in [0.15, 0.2) is 54.6 Å². The van der Waals surface area contributed by atoms with E-state index in [0.717, 1.165) is 16.8 Å². The monoisotopic (exact) mass is 282 g/mol. The largest absolute Gasteiger partial charge is 0.550 e. The van der Waals surface area contributed by atoms with Crippen molar-refractivity contribution in [3.8, 4) is 11.1 Å². The molecule has 4 heteroatoms. The summed E-state index contributed by atoms with van der Waals surface area (Å²) in [6, 6.07) is 17.3. The van der Waals surface area contributed by atoms with Gasteiger partial charge in [-0.3, -0.25) is 4.79 Å². The van der Waals surface area contributed by atoms with Crippen molar-refractivity contribution < 1.29 is 14.7 Å². The van der Waals surface area contributed by atoms with E-state index < -0.39 is 5.97 Å². The van der Waals surface area contributed by atoms with E-state index in [1.165, 1.54) is 0 Å². The number of carbonyl (C=O) groups is 2. The number of benzene rings is 2. The predicted molar refractivity (Wildman–Crippen MR) is 79.4 cm³/mol. The molecule has 2 rings (SSSR count). The maximum absolute atomic E-state index is 11.9. The Morgan fingerprint density at radius 1 is 0.905 bits per heavy atom. The summed E-state index contributed by atoms with van der Waals surface area (Å²) in [5.74, 6) is -1.33. The Kier molecular flexibility index (Phi) is 5.10. The molecule has 1 N–H and O–H groups in total. The number of carboxylic acids is 1. The molecule has 1 amide bonds. The summed E-state index contributed by atoms with van der Waals surface area (Å²) in [6.07, 6.45) is 0.340. The summed E-state index contributed by atoms with van der Waals surface area (Å²) in [5.41, 5.74) is 2.68. The van der Waals surface area contributed by atoms with Gasteiger partial charge in [0, 0.05) is 23.6 Å². The van der Waals surface area contributed by atoms with Gasteiger partial charge < -0.3 is 15.2 Å². The zero-order chi connectivity index (χ0) is 15.1. The van der Waals surface area contributed by atoms with Gasteiger partial charge in [-0.25, -0.2) is 0 Å². The number of amides is 1. The molecule has 0 aliphatic rings. The highest BCUT2D eigenvalue weighted by molar-refractivity contribution is 5.95. The van der Waals surface area contributed by atoms with Gasteiger partial charge >= 0.3 is 0 Å². The van der Waals surface area contributed by atoms with Crippen LogP contribution in [0.1, 0.15) is 19.3 Å². The molecule has 2 aromatic carbocycles. The average Bonchev–Trinajstić information content (AvgIpc) is 2.48. The predicted octanol–water partition coefficient (Wildman–Crippen LogP) is 2.21. The Balaban J connectivity index is 2.07. The van der Waals surface area contributed by atoms with E-state index in [4.69, 9.17) is 0 Å². The lowest BCUT2D eigenvalue weighted by Crippen LogP contribution is -2.22. The molecule has 0 atom stereocenters. The highest BCUT2D eigenvalue weighted by Crippen LogP contribution is 2.27. The molecular weight excluding hydrogens is 266 g/mol. The van der Waals surface area contributed by atoms with Crippen molar-refractivity contribution in [2.75, 3.05) is 5.32 Å². The fourth-order valence-electron chi connectivity index (χ4n) is 2.07. The van der Waals surface area contributed by atoms with E-state index in [-0.39, 0.29) is 25.2 Å². The van der Waals surface area contributed by atoms with Crippen molar-refractivity contribution in [2.45, 2.75) is 19.3 Å². The van der Waals surface area contributed by atoms with Crippen molar-refractivity contribution in [2.24, 2.45) is 0 Å². The minimum atomic E-state index is -1.13. The third-order valence-corrected chi connectivity index (χ3v) is 3.07. The summed E-state index contributed by atoms with van der Waals surface area (Å²) >= 11 is 0. The second-order valence-corrected chi connectivity index (χ2v) is 4.69. The number of hydrogen-bond donors (Lipinski definition) is 1. The highest BCUT2D eigenvalue weighted by Gasteiger charge is 2.07. The maximum atomic E-state index is 11.9. The normalized spacial score (nSPS) is 10.1. The third kappa shape index (κ3) is 4.45. The highest BCUT2D eigenvalue weighted by atomic mass is 16.4. The van der Waals surface area contributed by atoms with E-state index in [0.29, 0.717) is 0 Å². The summed E-state index contributed by atoms with van der Waals surface area (Å²) in [4.78, 5) is 22.2. The number of carbonyl (C=O) groups excluding carboxylic acids is 2. The summed E-state index contributed by atoms with van der Waals surface area (Å²) in [6.45, 7) is 0. The topological polar surface area (TPSA) is 69.2 Å². The first-order valence-corrected chi connectivity index (χ1v) is 6.81. The van der Waals surface area contributed by atoms with Gasteiger partial charge in [0.25, 0.3) is 0 Å². The number of carboxylic acid groups (broad SMARTS) is 1. The second kappa shape index (κ2) is 7.24. The molecule has 108 valence electrons. The second-order valence-electron chi connectivity index (χ2n) is 4.69. The van der Waals surface area contributed by atoms with Crippen LogP contribution >= 0.6 is 0 Å². The molecule has 0 spiro atoms. The van der Waals surface area contributed by atoms with Gasteiger partial charge in [-0.15, -0.1) is 0 Å². The smallest absolute Gasteiger partial charge is 0.224 e. The molecule has 0 aromatic heterocycles. The Labute approximate surface area is 123 Å². The Morgan fingerprint density at radius 3 is 2.29 bits per heavy atom. The van der Waals surface area contributed by atoms with E-state index in [9.17, 15) is 14.7 Å². The van der Waals surface area contributed by atoms with Crippen molar-refractivity contribution >= 4 is 17.6 Å². The van der Waals surface area contributed by atoms with Crippen LogP contribution < -0.4 is 10.4 Å². The molecule has 0 bridgehead atoms. The summed E-state index contributed by atoms with van der Waals surface area (Å²) < 4.78 is 0. The van der Waals surface area contributed by atoms with E-state index in [2.05, 4.69) is 5.32 Å². The van der Waals surface area contributed by atoms with Crippen molar-refractivity contribution in [1.29, 1.82) is 0 Å². The lowest BCUT2D eigenvalue weighted by molar-refractivity contribution is -0.305. The first-order valence-electron chi connectivity index (χ1n) is 6.81. The molecule has 0 aliphatic carbocycles. The van der Waals surface area contributed by atoms with Crippen LogP contribution in [0.3, 0.4) is 0 Å². The standard InChI is InChI=1S/C17H17NO3/c19-16(11-6-12-17(20)21)18-15-10-5-4-9-14(15)13-7-2-1-3-8-13/h1-5,7-10H,6,11-12H2,(H,18,19)(H,20,21)/p-1. The van der Waals surface area contributed by atoms with Crippen LogP contribution in [0.2, 0.25) is 0 Å². The molecule has 0 fully saturated rings. The molecule has 4 nitrogen and oxygen atoms in total. The molecule has 0 aliphatic heterocycles. The molecule has 0 radical (unpaired) electrons. The third-order valence-electron chi connectivity index (χ3n) is 3.07. The first kappa shape index (κ1) is 14.8. The molecule has 2 aromatic rings. The van der Waals surface area contributed by atoms with Gasteiger partial charge in [0.05, 0.1) is 0 Å². The fourth-order valence-corrected chi connectivity index (χ4v) is 2.07. The molecule has 0 saturated carbocycles. The van der Waals surface area contributed by atoms with E-state index in [1.807, 2.05) is 54.6 Å². The van der Waals surface area contributed by atoms with Gasteiger partial charge in [0.2, 0.25) is 5.91 Å². The Bertz CT molecular complexity index is 623. The molecule has 0 unspecified atom stereocenters. The minimum absolute atomic E-state index is 0.103. The van der Waals surface area contributed by atoms with Crippen LogP contribution in [0.4, 0.5) is 5.69 Å². The van der Waals surface area contributed by atoms with Crippen molar-refractivity contribution in [3.05, 3.63) is 54.6 Å². The lowest BCUT2D eigenvalue weighted by atomic mass is 10.0. The zero-order valence-electron chi connectivity index (χ0n) is 11.5. The van der Waals surface area contributed by atoms with Crippen LogP contribution in [-0.4, -0.2) is 11.9 Å². The van der Waals surface area contributed by atoms with Gasteiger partial charge in [0.15, 0.2) is 0 Å². The first-order chi connectivity index (χ1) is 10.2. The van der Waals surface area contributed by atoms with Crippen LogP contribution in [0.5, 0.6) is 0 Å². The van der Waals surface area contributed by atoms with Gasteiger partial charge in [0.1, 0.15) is 0 Å². The van der Waals surface area contributed by atoms with E-state index in [1.54, 1.807) is 0 Å². The number of hydrogen-bond acceptors (Lipinski definition) is 3. The van der Waals surface area contributed by atoms with Crippen LogP contribution in [0.25, 0.3) is 11.1 Å². The zero-order valence-corrected chi connectivity index (χ0v) is 11.5. The van der Waals surface area contributed by atoms with E-state index >= 15 is 0 Å². The number of para-hydroxylation sites is 1. The SMILES string of the molecule is O=C([O-])CCCC(=O)Nc1ccccc1-c1ccccc1. The van der Waals surface area contributed by atoms with Crippen molar-refractivity contribution in [3.63, 3.8) is 0 Å². The van der Waals surface area contributed by atoms with Crippen molar-refractivity contribution in [1.82, 2.24) is 0 Å². The van der Waals surface area contributed by atoms with Gasteiger partial charge in [-0.2, -0.15) is 0 Å². The quantitative estimate of drug-likeness (QED) is 0.883. The van der Waals surface area contributed by atoms with Crippen LogP contribution in [-0.2, 0) is 9.59 Å². The Hall–Kier alpha value is -2.62.